The molecule has 98 valence electrons. The zero-order valence-electron chi connectivity index (χ0n) is 10.9. The molecule has 0 saturated carbocycles. The van der Waals surface area contributed by atoms with Gasteiger partial charge >= 0.3 is 0 Å². The number of carbonyl (C=O) groups is 1. The number of rotatable bonds is 4. The van der Waals surface area contributed by atoms with Crippen LogP contribution in [0.15, 0.2) is 24.5 Å². The molecule has 4 heteroatoms. The van der Waals surface area contributed by atoms with Crippen LogP contribution in [0, 0.1) is 0 Å². The SMILES string of the molecule is CCCCN1C(=O)CCC(N)C1c1cccnc1. The topological polar surface area (TPSA) is 59.2 Å². The van der Waals surface area contributed by atoms with Crippen molar-refractivity contribution in [1.82, 2.24) is 9.88 Å². The van der Waals surface area contributed by atoms with E-state index in [4.69, 9.17) is 5.73 Å². The summed E-state index contributed by atoms with van der Waals surface area (Å²) in [5.41, 5.74) is 7.26. The molecular formula is C14H21N3O. The largest absolute Gasteiger partial charge is 0.334 e. The van der Waals surface area contributed by atoms with Crippen LogP contribution in [0.2, 0.25) is 0 Å². The number of aromatic nitrogens is 1. The molecule has 18 heavy (non-hydrogen) atoms. The molecule has 1 amide bonds. The van der Waals surface area contributed by atoms with E-state index in [1.54, 1.807) is 6.20 Å². The smallest absolute Gasteiger partial charge is 0.223 e. The molecule has 0 radical (unpaired) electrons. The predicted octanol–water partition coefficient (Wildman–Crippen LogP) is 1.87. The van der Waals surface area contributed by atoms with Gasteiger partial charge in [-0.15, -0.1) is 0 Å². The summed E-state index contributed by atoms with van der Waals surface area (Å²) < 4.78 is 0. The highest BCUT2D eigenvalue weighted by Gasteiger charge is 2.34. The molecule has 0 aliphatic carbocycles. The number of hydrogen-bond acceptors (Lipinski definition) is 3. The molecule has 1 aliphatic heterocycles. The Morgan fingerprint density at radius 3 is 3.06 bits per heavy atom. The van der Waals surface area contributed by atoms with Crippen molar-refractivity contribution < 1.29 is 4.79 Å². The average molecular weight is 247 g/mol. The van der Waals surface area contributed by atoms with Gasteiger partial charge in [-0.25, -0.2) is 0 Å². The van der Waals surface area contributed by atoms with Crippen molar-refractivity contribution in [2.24, 2.45) is 5.73 Å². The highest BCUT2D eigenvalue weighted by atomic mass is 16.2. The minimum Gasteiger partial charge on any atom is -0.334 e. The molecule has 1 aromatic heterocycles. The van der Waals surface area contributed by atoms with E-state index in [0.29, 0.717) is 6.42 Å². The Hall–Kier alpha value is -1.42. The lowest BCUT2D eigenvalue weighted by Gasteiger charge is -2.39. The van der Waals surface area contributed by atoms with Crippen LogP contribution in [0.1, 0.15) is 44.2 Å². The lowest BCUT2D eigenvalue weighted by Crippen LogP contribution is -2.49. The van der Waals surface area contributed by atoms with Crippen molar-refractivity contribution in [2.45, 2.75) is 44.7 Å². The zero-order valence-corrected chi connectivity index (χ0v) is 10.9. The van der Waals surface area contributed by atoms with Gasteiger partial charge in [0.25, 0.3) is 0 Å². The molecule has 1 aliphatic rings. The average Bonchev–Trinajstić information content (AvgIpc) is 2.40. The maximum absolute atomic E-state index is 12.1. The summed E-state index contributed by atoms with van der Waals surface area (Å²) >= 11 is 0. The molecule has 1 fully saturated rings. The van der Waals surface area contributed by atoms with Gasteiger partial charge in [-0.1, -0.05) is 19.4 Å². The molecular weight excluding hydrogens is 226 g/mol. The first kappa shape index (κ1) is 13.0. The second kappa shape index (κ2) is 5.96. The highest BCUT2D eigenvalue weighted by Crippen LogP contribution is 2.30. The Labute approximate surface area is 108 Å². The number of nitrogens with two attached hydrogens (primary N) is 1. The molecule has 2 rings (SSSR count). The maximum Gasteiger partial charge on any atom is 0.223 e. The number of amides is 1. The number of unbranched alkanes of at least 4 members (excludes halogenated alkanes) is 1. The molecule has 0 spiro atoms. The third-order valence-electron chi connectivity index (χ3n) is 3.53. The molecule has 1 saturated heterocycles. The molecule has 0 bridgehead atoms. The van der Waals surface area contributed by atoms with E-state index >= 15 is 0 Å². The molecule has 0 aromatic carbocycles. The van der Waals surface area contributed by atoms with Gasteiger partial charge in [0.1, 0.15) is 0 Å². The van der Waals surface area contributed by atoms with Crippen LogP contribution < -0.4 is 5.73 Å². The van der Waals surface area contributed by atoms with Crippen LogP contribution in [0.25, 0.3) is 0 Å². The van der Waals surface area contributed by atoms with Gasteiger partial charge in [-0.3, -0.25) is 9.78 Å². The van der Waals surface area contributed by atoms with E-state index in [1.807, 2.05) is 23.2 Å². The van der Waals surface area contributed by atoms with Gasteiger partial charge in [-0.05, 0) is 24.5 Å². The molecule has 2 unspecified atom stereocenters. The number of nitrogens with zero attached hydrogens (tertiary/aromatic N) is 2. The highest BCUT2D eigenvalue weighted by molar-refractivity contribution is 5.77. The van der Waals surface area contributed by atoms with Crippen molar-refractivity contribution in [3.63, 3.8) is 0 Å². The van der Waals surface area contributed by atoms with Gasteiger partial charge in [0.15, 0.2) is 0 Å². The fourth-order valence-electron chi connectivity index (χ4n) is 2.55. The van der Waals surface area contributed by atoms with Crippen LogP contribution in [-0.4, -0.2) is 28.4 Å². The molecule has 2 N–H and O–H groups in total. The monoisotopic (exact) mass is 247 g/mol. The summed E-state index contributed by atoms with van der Waals surface area (Å²) in [7, 11) is 0. The Balaban J connectivity index is 2.23. The predicted molar refractivity (Wildman–Crippen MR) is 70.8 cm³/mol. The minimum absolute atomic E-state index is 0.00787. The van der Waals surface area contributed by atoms with Crippen molar-refractivity contribution in [2.75, 3.05) is 6.54 Å². The molecule has 2 heterocycles. The second-order valence-electron chi connectivity index (χ2n) is 4.87. The summed E-state index contributed by atoms with van der Waals surface area (Å²) in [5.74, 6) is 0.221. The first-order valence-corrected chi connectivity index (χ1v) is 6.69. The lowest BCUT2D eigenvalue weighted by atomic mass is 9.91. The maximum atomic E-state index is 12.1. The van der Waals surface area contributed by atoms with E-state index in [1.165, 1.54) is 0 Å². The van der Waals surface area contributed by atoms with Crippen LogP contribution in [-0.2, 0) is 4.79 Å². The first-order chi connectivity index (χ1) is 8.74. The van der Waals surface area contributed by atoms with Crippen LogP contribution in [0.3, 0.4) is 0 Å². The second-order valence-corrected chi connectivity index (χ2v) is 4.87. The quantitative estimate of drug-likeness (QED) is 0.883. The summed E-state index contributed by atoms with van der Waals surface area (Å²) in [5, 5.41) is 0. The fourth-order valence-corrected chi connectivity index (χ4v) is 2.55. The third-order valence-corrected chi connectivity index (χ3v) is 3.53. The van der Waals surface area contributed by atoms with Crippen LogP contribution >= 0.6 is 0 Å². The van der Waals surface area contributed by atoms with Crippen molar-refractivity contribution in [3.05, 3.63) is 30.1 Å². The van der Waals surface area contributed by atoms with Crippen molar-refractivity contribution >= 4 is 5.91 Å². The Kier molecular flexibility index (Phi) is 4.31. The van der Waals surface area contributed by atoms with Gasteiger partial charge < -0.3 is 10.6 Å². The minimum atomic E-state index is -0.00787. The Morgan fingerprint density at radius 1 is 1.56 bits per heavy atom. The van der Waals surface area contributed by atoms with E-state index in [-0.39, 0.29) is 18.0 Å². The van der Waals surface area contributed by atoms with Gasteiger partial charge in [0, 0.05) is 31.4 Å². The summed E-state index contributed by atoms with van der Waals surface area (Å²) in [4.78, 5) is 18.2. The number of pyridine rings is 1. The number of piperidine rings is 1. The summed E-state index contributed by atoms with van der Waals surface area (Å²) in [6, 6.07) is 3.92. The molecule has 1 aromatic rings. The Morgan fingerprint density at radius 2 is 2.39 bits per heavy atom. The lowest BCUT2D eigenvalue weighted by molar-refractivity contribution is -0.137. The van der Waals surface area contributed by atoms with E-state index in [2.05, 4.69) is 11.9 Å². The fraction of sp³-hybridized carbons (Fsp3) is 0.571. The normalized spacial score (nSPS) is 24.3. The molecule has 2 atom stereocenters. The van der Waals surface area contributed by atoms with E-state index in [0.717, 1.165) is 31.4 Å². The van der Waals surface area contributed by atoms with Crippen LogP contribution in [0.4, 0.5) is 0 Å². The zero-order chi connectivity index (χ0) is 13.0. The van der Waals surface area contributed by atoms with E-state index < -0.39 is 0 Å². The third kappa shape index (κ3) is 2.70. The van der Waals surface area contributed by atoms with E-state index in [9.17, 15) is 4.79 Å². The number of likely N-dealkylation sites (tertiary alicyclic amines) is 1. The molecule has 4 nitrogen and oxygen atoms in total. The summed E-state index contributed by atoms with van der Waals surface area (Å²) in [6.45, 7) is 2.93. The Bertz CT molecular complexity index is 393. The number of hydrogen-bond donors (Lipinski definition) is 1. The van der Waals surface area contributed by atoms with Crippen molar-refractivity contribution in [3.8, 4) is 0 Å². The van der Waals surface area contributed by atoms with Gasteiger partial charge in [0.2, 0.25) is 5.91 Å². The van der Waals surface area contributed by atoms with Gasteiger partial charge in [0.05, 0.1) is 6.04 Å². The van der Waals surface area contributed by atoms with Gasteiger partial charge in [-0.2, -0.15) is 0 Å². The summed E-state index contributed by atoms with van der Waals surface area (Å²) in [6.07, 6.45) is 7.01. The first-order valence-electron chi connectivity index (χ1n) is 6.69. The van der Waals surface area contributed by atoms with Crippen molar-refractivity contribution in [1.29, 1.82) is 0 Å². The standard InChI is InChI=1S/C14H21N3O/c1-2-3-9-17-13(18)7-6-12(15)14(17)11-5-4-8-16-10-11/h4-5,8,10,12,14H,2-3,6-7,9,15H2,1H3. The number of carbonyl (C=O) groups excluding carboxylic acids is 1. The van der Waals surface area contributed by atoms with Crippen LogP contribution in [0.5, 0.6) is 0 Å².